The maximum atomic E-state index is 13.0. The lowest BCUT2D eigenvalue weighted by Crippen LogP contribution is -2.32. The fourth-order valence-corrected chi connectivity index (χ4v) is 2.40. The summed E-state index contributed by atoms with van der Waals surface area (Å²) in [7, 11) is 0. The van der Waals surface area contributed by atoms with Crippen LogP contribution in [0, 0.1) is 9.39 Å². The fourth-order valence-electron chi connectivity index (χ4n) is 1.99. The van der Waals surface area contributed by atoms with E-state index in [1.54, 1.807) is 16.9 Å². The number of benzene rings is 1. The quantitative estimate of drug-likeness (QED) is 0.598. The van der Waals surface area contributed by atoms with Crippen LogP contribution in [0.25, 0.3) is 0 Å². The van der Waals surface area contributed by atoms with Crippen LogP contribution in [0.4, 0.5) is 4.39 Å². The molecule has 0 bridgehead atoms. The van der Waals surface area contributed by atoms with Crippen molar-refractivity contribution >= 4 is 28.5 Å². The molecule has 2 aromatic rings. The van der Waals surface area contributed by atoms with Crippen molar-refractivity contribution in [3.05, 3.63) is 51.6 Å². The zero-order valence-electron chi connectivity index (χ0n) is 11.7. The molecule has 0 fully saturated rings. The minimum Gasteiger partial charge on any atom is -0.354 e. The topological polar surface area (TPSA) is 46.9 Å². The molecule has 1 N–H and O–H groups in total. The molecule has 112 valence electrons. The molecule has 0 saturated heterocycles. The average molecular weight is 401 g/mol. The van der Waals surface area contributed by atoms with Crippen molar-refractivity contribution in [2.45, 2.75) is 25.8 Å². The Hall–Kier alpha value is -1.44. The summed E-state index contributed by atoms with van der Waals surface area (Å²) in [6.07, 6.45) is 5.07. The number of aryl methyl sites for hydroxylation is 1. The molecule has 1 aromatic carbocycles. The van der Waals surface area contributed by atoms with E-state index in [4.69, 9.17) is 0 Å². The second-order valence-electron chi connectivity index (χ2n) is 4.84. The summed E-state index contributed by atoms with van der Waals surface area (Å²) in [5.74, 6) is -0.285. The molecule has 0 spiro atoms. The van der Waals surface area contributed by atoms with E-state index >= 15 is 0 Å². The van der Waals surface area contributed by atoms with Crippen molar-refractivity contribution < 1.29 is 9.18 Å². The van der Waals surface area contributed by atoms with Gasteiger partial charge in [0.05, 0.1) is 9.77 Å². The van der Waals surface area contributed by atoms with Gasteiger partial charge >= 0.3 is 0 Å². The molecule has 0 radical (unpaired) electrons. The van der Waals surface area contributed by atoms with Crippen molar-refractivity contribution in [1.29, 1.82) is 0 Å². The molecule has 0 aliphatic carbocycles. The second kappa shape index (κ2) is 7.53. The molecule has 0 aliphatic rings. The Morgan fingerprint density at radius 3 is 3.00 bits per heavy atom. The van der Waals surface area contributed by atoms with Crippen LogP contribution in [0.3, 0.4) is 0 Å². The minimum absolute atomic E-state index is 0.0613. The van der Waals surface area contributed by atoms with Gasteiger partial charge in [-0.25, -0.2) is 4.39 Å². The molecule has 1 amide bonds. The summed E-state index contributed by atoms with van der Waals surface area (Å²) in [5.41, 5.74) is 0.943. The number of nitrogens with zero attached hydrogens (tertiary/aromatic N) is 2. The van der Waals surface area contributed by atoms with E-state index in [2.05, 4.69) is 33.0 Å². The first-order valence-corrected chi connectivity index (χ1v) is 7.86. The van der Waals surface area contributed by atoms with E-state index in [9.17, 15) is 9.18 Å². The van der Waals surface area contributed by atoms with Gasteiger partial charge in [0.1, 0.15) is 11.9 Å². The molecule has 1 atom stereocenters. The number of amides is 1. The van der Waals surface area contributed by atoms with Crippen molar-refractivity contribution in [3.63, 3.8) is 0 Å². The molecular formula is C15H17FIN3O. The number of rotatable bonds is 6. The van der Waals surface area contributed by atoms with Crippen molar-refractivity contribution in [2.24, 2.45) is 0 Å². The van der Waals surface area contributed by atoms with Gasteiger partial charge in [-0.2, -0.15) is 5.10 Å². The van der Waals surface area contributed by atoms with Gasteiger partial charge in [0, 0.05) is 12.7 Å². The first-order chi connectivity index (χ1) is 10.1. The number of aromatic nitrogens is 2. The molecule has 1 aromatic heterocycles. The molecule has 21 heavy (non-hydrogen) atoms. The Kier molecular flexibility index (Phi) is 5.72. The number of hydrogen-bond donors (Lipinski definition) is 1. The third-order valence-electron chi connectivity index (χ3n) is 3.18. The largest absolute Gasteiger partial charge is 0.354 e. The third kappa shape index (κ3) is 4.80. The Balaban J connectivity index is 1.74. The maximum Gasteiger partial charge on any atom is 0.244 e. The highest BCUT2D eigenvalue weighted by molar-refractivity contribution is 14.1. The number of halogens is 2. The number of hydrogen-bond acceptors (Lipinski definition) is 2. The van der Waals surface area contributed by atoms with E-state index in [1.165, 1.54) is 12.1 Å². The van der Waals surface area contributed by atoms with Crippen LogP contribution in [0.1, 0.15) is 24.9 Å². The molecule has 4 nitrogen and oxygen atoms in total. The number of nitrogens with one attached hydrogen (secondary N) is 1. The van der Waals surface area contributed by atoms with Gasteiger partial charge in [-0.05, 0) is 60.1 Å². The normalized spacial score (nSPS) is 12.1. The van der Waals surface area contributed by atoms with Gasteiger partial charge in [-0.15, -0.1) is 0 Å². The lowest BCUT2D eigenvalue weighted by molar-refractivity contribution is -0.124. The summed E-state index contributed by atoms with van der Waals surface area (Å²) in [6.45, 7) is 2.38. The second-order valence-corrected chi connectivity index (χ2v) is 6.08. The van der Waals surface area contributed by atoms with E-state index in [-0.39, 0.29) is 17.8 Å². The van der Waals surface area contributed by atoms with Crippen molar-refractivity contribution in [2.75, 3.05) is 6.54 Å². The van der Waals surface area contributed by atoms with Crippen molar-refractivity contribution in [1.82, 2.24) is 15.1 Å². The zero-order valence-corrected chi connectivity index (χ0v) is 13.9. The average Bonchev–Trinajstić information content (AvgIpc) is 2.89. The van der Waals surface area contributed by atoms with Crippen LogP contribution in [0.15, 0.2) is 36.7 Å². The summed E-state index contributed by atoms with van der Waals surface area (Å²) in [6, 6.07) is 6.21. The predicted molar refractivity (Wildman–Crippen MR) is 87.4 cm³/mol. The van der Waals surface area contributed by atoms with Crippen LogP contribution in [0.5, 0.6) is 0 Å². The lowest BCUT2D eigenvalue weighted by atomic mass is 10.1. The lowest BCUT2D eigenvalue weighted by Gasteiger charge is -2.12. The van der Waals surface area contributed by atoms with Gasteiger partial charge in [0.15, 0.2) is 0 Å². The number of carbonyl (C=O) groups excluding carboxylic acids is 1. The highest BCUT2D eigenvalue weighted by Gasteiger charge is 2.14. The zero-order chi connectivity index (χ0) is 15.2. The van der Waals surface area contributed by atoms with Gasteiger partial charge in [-0.1, -0.05) is 12.1 Å². The molecule has 1 heterocycles. The fraction of sp³-hybridized carbons (Fsp3) is 0.333. The molecule has 0 aliphatic heterocycles. The third-order valence-corrected chi connectivity index (χ3v) is 3.73. The van der Waals surface area contributed by atoms with E-state index in [0.29, 0.717) is 6.54 Å². The predicted octanol–water partition coefficient (Wildman–Crippen LogP) is 2.94. The molecule has 0 saturated carbocycles. The van der Waals surface area contributed by atoms with Gasteiger partial charge < -0.3 is 5.32 Å². The van der Waals surface area contributed by atoms with Crippen LogP contribution in [-0.2, 0) is 11.2 Å². The maximum absolute atomic E-state index is 13.0. The standard InChI is InChI=1S/C15H17FIN3O/c1-11(20-10-14(17)9-19-20)15(21)18-7-3-5-12-4-2-6-13(16)8-12/h2,4,6,8-11H,3,5,7H2,1H3,(H,18,21). The highest BCUT2D eigenvalue weighted by Crippen LogP contribution is 2.09. The Bertz CT molecular complexity index is 614. The summed E-state index contributed by atoms with van der Waals surface area (Å²) >= 11 is 2.16. The first-order valence-electron chi connectivity index (χ1n) is 6.78. The summed E-state index contributed by atoms with van der Waals surface area (Å²) < 4.78 is 15.7. The summed E-state index contributed by atoms with van der Waals surface area (Å²) in [4.78, 5) is 12.0. The highest BCUT2D eigenvalue weighted by atomic mass is 127. The first kappa shape index (κ1) is 15.9. The van der Waals surface area contributed by atoms with Crippen LogP contribution in [0.2, 0.25) is 0 Å². The number of carbonyl (C=O) groups is 1. The Morgan fingerprint density at radius 1 is 1.52 bits per heavy atom. The monoisotopic (exact) mass is 401 g/mol. The smallest absolute Gasteiger partial charge is 0.244 e. The molecule has 1 unspecified atom stereocenters. The van der Waals surface area contributed by atoms with Gasteiger partial charge in [-0.3, -0.25) is 9.48 Å². The van der Waals surface area contributed by atoms with Gasteiger partial charge in [0.2, 0.25) is 5.91 Å². The van der Waals surface area contributed by atoms with Crippen LogP contribution < -0.4 is 5.32 Å². The minimum atomic E-state index is -0.331. The van der Waals surface area contributed by atoms with Crippen LogP contribution >= 0.6 is 22.6 Å². The van der Waals surface area contributed by atoms with Crippen molar-refractivity contribution in [3.8, 4) is 0 Å². The summed E-state index contributed by atoms with van der Waals surface area (Å²) in [5, 5.41) is 7.01. The molecule has 6 heteroatoms. The Morgan fingerprint density at radius 2 is 2.33 bits per heavy atom. The van der Waals surface area contributed by atoms with Crippen LogP contribution in [-0.4, -0.2) is 22.2 Å². The van der Waals surface area contributed by atoms with E-state index in [1.807, 2.05) is 19.2 Å². The van der Waals surface area contributed by atoms with E-state index < -0.39 is 0 Å². The molecular weight excluding hydrogens is 384 g/mol. The van der Waals surface area contributed by atoms with E-state index in [0.717, 1.165) is 22.0 Å². The van der Waals surface area contributed by atoms with Gasteiger partial charge in [0.25, 0.3) is 0 Å². The molecule has 2 rings (SSSR count). The Labute approximate surface area is 136 Å². The SMILES string of the molecule is CC(C(=O)NCCCc1cccc(F)c1)n1cc(I)cn1.